The number of thiazole rings is 1. The molecule has 4 heteroatoms. The van der Waals surface area contributed by atoms with Gasteiger partial charge in [-0.05, 0) is 19.8 Å². The maximum Gasteiger partial charge on any atom is 0.0965 e. The lowest BCUT2D eigenvalue weighted by Crippen LogP contribution is -2.42. The summed E-state index contributed by atoms with van der Waals surface area (Å²) >= 11 is 1.66. The summed E-state index contributed by atoms with van der Waals surface area (Å²) in [5, 5.41) is 11.5. The Morgan fingerprint density at radius 1 is 1.44 bits per heavy atom. The molecule has 1 rings (SSSR count). The van der Waals surface area contributed by atoms with Gasteiger partial charge >= 0.3 is 0 Å². The fourth-order valence-corrected chi connectivity index (χ4v) is 2.60. The second-order valence-corrected chi connectivity index (χ2v) is 5.91. The molecule has 1 heterocycles. The van der Waals surface area contributed by atoms with Crippen LogP contribution in [0.1, 0.15) is 29.4 Å². The number of rotatable bonds is 5. The molecule has 0 aliphatic carbocycles. The van der Waals surface area contributed by atoms with E-state index in [0.29, 0.717) is 13.0 Å². The standard InChI is InChI=1S/C12H21NO2S/c1-8(2)12(14,7-15-5)6-11-13-9(3)10(4)16-11/h8,14H,6-7H2,1-5H3. The van der Waals surface area contributed by atoms with Crippen LogP contribution in [0.25, 0.3) is 0 Å². The van der Waals surface area contributed by atoms with Crippen LogP contribution in [0, 0.1) is 19.8 Å². The van der Waals surface area contributed by atoms with Crippen molar-refractivity contribution in [3.05, 3.63) is 15.6 Å². The number of aliphatic hydroxyl groups is 1. The Balaban J connectivity index is 2.83. The predicted octanol–water partition coefficient (Wildman–Crippen LogP) is 2.34. The van der Waals surface area contributed by atoms with Crippen LogP contribution < -0.4 is 0 Å². The van der Waals surface area contributed by atoms with E-state index in [9.17, 15) is 5.11 Å². The highest BCUT2D eigenvalue weighted by Gasteiger charge is 2.32. The molecule has 0 aromatic carbocycles. The van der Waals surface area contributed by atoms with Crippen LogP contribution in [0.2, 0.25) is 0 Å². The van der Waals surface area contributed by atoms with E-state index in [2.05, 4.69) is 11.9 Å². The van der Waals surface area contributed by atoms with Gasteiger partial charge in [0.1, 0.15) is 0 Å². The maximum atomic E-state index is 10.5. The molecule has 0 fully saturated rings. The molecule has 0 bridgehead atoms. The van der Waals surface area contributed by atoms with Gasteiger partial charge in [-0.15, -0.1) is 11.3 Å². The largest absolute Gasteiger partial charge is 0.387 e. The Hall–Kier alpha value is -0.450. The first kappa shape index (κ1) is 13.6. The molecule has 1 aromatic rings. The first-order valence-corrected chi connectivity index (χ1v) is 6.35. The van der Waals surface area contributed by atoms with E-state index in [4.69, 9.17) is 4.74 Å². The summed E-state index contributed by atoms with van der Waals surface area (Å²) in [5.41, 5.74) is 0.245. The van der Waals surface area contributed by atoms with Crippen LogP contribution in [0.15, 0.2) is 0 Å². The maximum absolute atomic E-state index is 10.5. The van der Waals surface area contributed by atoms with Gasteiger partial charge in [-0.3, -0.25) is 0 Å². The molecule has 3 nitrogen and oxygen atoms in total. The van der Waals surface area contributed by atoms with E-state index >= 15 is 0 Å². The van der Waals surface area contributed by atoms with Crippen molar-refractivity contribution >= 4 is 11.3 Å². The summed E-state index contributed by atoms with van der Waals surface area (Å²) in [6.07, 6.45) is 0.567. The molecule has 16 heavy (non-hydrogen) atoms. The Labute approximate surface area is 101 Å². The second-order valence-electron chi connectivity index (χ2n) is 4.62. The smallest absolute Gasteiger partial charge is 0.0965 e. The van der Waals surface area contributed by atoms with Gasteiger partial charge in [-0.1, -0.05) is 13.8 Å². The first-order chi connectivity index (χ1) is 7.39. The fourth-order valence-electron chi connectivity index (χ4n) is 1.55. The van der Waals surface area contributed by atoms with Crippen molar-refractivity contribution in [3.8, 4) is 0 Å². The zero-order valence-corrected chi connectivity index (χ0v) is 11.5. The summed E-state index contributed by atoms with van der Waals surface area (Å²) < 4.78 is 5.10. The number of ether oxygens (including phenoxy) is 1. The SMILES string of the molecule is COCC(O)(Cc1nc(C)c(C)s1)C(C)C. The molecule has 0 aliphatic heterocycles. The summed E-state index contributed by atoms with van der Waals surface area (Å²) in [4.78, 5) is 5.68. The minimum Gasteiger partial charge on any atom is -0.387 e. The molecule has 0 aliphatic rings. The van der Waals surface area contributed by atoms with Crippen LogP contribution in [0.3, 0.4) is 0 Å². The number of hydrogen-bond acceptors (Lipinski definition) is 4. The Morgan fingerprint density at radius 3 is 2.44 bits per heavy atom. The van der Waals surface area contributed by atoms with Gasteiger partial charge in [0.05, 0.1) is 22.9 Å². The second kappa shape index (κ2) is 5.25. The third-order valence-corrected chi connectivity index (χ3v) is 4.07. The number of methoxy groups -OCH3 is 1. The highest BCUT2D eigenvalue weighted by molar-refractivity contribution is 7.11. The molecule has 0 radical (unpaired) electrons. The zero-order chi connectivity index (χ0) is 12.3. The van der Waals surface area contributed by atoms with Gasteiger partial charge in [-0.25, -0.2) is 4.98 Å². The van der Waals surface area contributed by atoms with Gasteiger partial charge in [-0.2, -0.15) is 0 Å². The molecule has 1 aromatic heterocycles. The molecule has 0 spiro atoms. The van der Waals surface area contributed by atoms with Gasteiger partial charge in [0.15, 0.2) is 0 Å². The van der Waals surface area contributed by atoms with E-state index in [0.717, 1.165) is 10.7 Å². The summed E-state index contributed by atoms with van der Waals surface area (Å²) in [5.74, 6) is 0.150. The normalized spacial score (nSPS) is 15.4. The van der Waals surface area contributed by atoms with E-state index in [1.807, 2.05) is 20.8 Å². The van der Waals surface area contributed by atoms with E-state index in [1.165, 1.54) is 4.88 Å². The van der Waals surface area contributed by atoms with Crippen molar-refractivity contribution in [2.45, 2.75) is 39.7 Å². The topological polar surface area (TPSA) is 42.4 Å². The van der Waals surface area contributed by atoms with E-state index in [1.54, 1.807) is 18.4 Å². The fraction of sp³-hybridized carbons (Fsp3) is 0.750. The van der Waals surface area contributed by atoms with Gasteiger partial charge in [0, 0.05) is 18.4 Å². The molecule has 1 atom stereocenters. The molecule has 0 amide bonds. The van der Waals surface area contributed by atoms with Crippen molar-refractivity contribution in [2.75, 3.05) is 13.7 Å². The third kappa shape index (κ3) is 3.03. The van der Waals surface area contributed by atoms with Crippen LogP contribution in [0.5, 0.6) is 0 Å². The van der Waals surface area contributed by atoms with Crippen molar-refractivity contribution in [3.63, 3.8) is 0 Å². The lowest BCUT2D eigenvalue weighted by molar-refractivity contribution is -0.0637. The van der Waals surface area contributed by atoms with Crippen molar-refractivity contribution in [1.82, 2.24) is 4.98 Å². The Morgan fingerprint density at radius 2 is 2.06 bits per heavy atom. The minimum atomic E-state index is -0.814. The van der Waals surface area contributed by atoms with Crippen molar-refractivity contribution in [2.24, 2.45) is 5.92 Å². The minimum absolute atomic E-state index is 0.150. The first-order valence-electron chi connectivity index (χ1n) is 5.53. The lowest BCUT2D eigenvalue weighted by atomic mass is 9.88. The van der Waals surface area contributed by atoms with Crippen LogP contribution >= 0.6 is 11.3 Å². The van der Waals surface area contributed by atoms with Crippen LogP contribution in [0.4, 0.5) is 0 Å². The average molecular weight is 243 g/mol. The summed E-state index contributed by atoms with van der Waals surface area (Å²) in [7, 11) is 1.62. The molecular weight excluding hydrogens is 222 g/mol. The van der Waals surface area contributed by atoms with E-state index in [-0.39, 0.29) is 5.92 Å². The highest BCUT2D eigenvalue weighted by Crippen LogP contribution is 2.26. The van der Waals surface area contributed by atoms with Gasteiger partial charge in [0.2, 0.25) is 0 Å². The third-order valence-electron chi connectivity index (χ3n) is 3.00. The van der Waals surface area contributed by atoms with Gasteiger partial charge < -0.3 is 9.84 Å². The monoisotopic (exact) mass is 243 g/mol. The molecule has 0 saturated carbocycles. The molecule has 1 unspecified atom stereocenters. The van der Waals surface area contributed by atoms with Crippen LogP contribution in [-0.4, -0.2) is 29.4 Å². The Kier molecular flexibility index (Phi) is 4.47. The number of aromatic nitrogens is 1. The summed E-state index contributed by atoms with van der Waals surface area (Å²) in [6.45, 7) is 8.42. The molecule has 92 valence electrons. The quantitative estimate of drug-likeness (QED) is 0.863. The molecule has 0 saturated heterocycles. The zero-order valence-electron chi connectivity index (χ0n) is 10.7. The molecular formula is C12H21NO2S. The average Bonchev–Trinajstić information content (AvgIpc) is 2.45. The number of nitrogens with zero attached hydrogens (tertiary/aromatic N) is 1. The number of aryl methyl sites for hydroxylation is 2. The summed E-state index contributed by atoms with van der Waals surface area (Å²) in [6, 6.07) is 0. The number of hydrogen-bond donors (Lipinski definition) is 1. The van der Waals surface area contributed by atoms with Gasteiger partial charge in [0.25, 0.3) is 0 Å². The highest BCUT2D eigenvalue weighted by atomic mass is 32.1. The molecule has 1 N–H and O–H groups in total. The van der Waals surface area contributed by atoms with Crippen molar-refractivity contribution in [1.29, 1.82) is 0 Å². The van der Waals surface area contributed by atoms with Crippen molar-refractivity contribution < 1.29 is 9.84 Å². The van der Waals surface area contributed by atoms with Crippen LogP contribution in [-0.2, 0) is 11.2 Å². The Bertz CT molecular complexity index is 329. The predicted molar refractivity (Wildman–Crippen MR) is 67.0 cm³/mol. The lowest BCUT2D eigenvalue weighted by Gasteiger charge is -2.30. The van der Waals surface area contributed by atoms with E-state index < -0.39 is 5.60 Å².